The SMILES string of the molecule is O=C1COc2ccc(NC(=O)c3cccc([N+](=O)[O-])c3)nc2N1. The maximum absolute atomic E-state index is 12.1. The van der Waals surface area contributed by atoms with Gasteiger partial charge in [-0.2, -0.15) is 0 Å². The summed E-state index contributed by atoms with van der Waals surface area (Å²) in [6, 6.07) is 8.39. The molecule has 1 aliphatic heterocycles. The number of ether oxygens (including phenoxy) is 1. The molecule has 0 spiro atoms. The second-order valence-corrected chi connectivity index (χ2v) is 4.64. The third kappa shape index (κ3) is 3.07. The lowest BCUT2D eigenvalue weighted by molar-refractivity contribution is -0.384. The monoisotopic (exact) mass is 314 g/mol. The van der Waals surface area contributed by atoms with Crippen LogP contribution in [0.2, 0.25) is 0 Å². The molecule has 9 heteroatoms. The number of nitro benzene ring substituents is 1. The van der Waals surface area contributed by atoms with Gasteiger partial charge in [0.05, 0.1) is 4.92 Å². The molecule has 9 nitrogen and oxygen atoms in total. The number of pyridine rings is 1. The van der Waals surface area contributed by atoms with Crippen molar-refractivity contribution in [1.29, 1.82) is 0 Å². The number of non-ortho nitro benzene ring substituents is 1. The van der Waals surface area contributed by atoms with Crippen LogP contribution in [0.5, 0.6) is 5.75 Å². The number of anilines is 2. The number of benzene rings is 1. The topological polar surface area (TPSA) is 123 Å². The van der Waals surface area contributed by atoms with Gasteiger partial charge in [0, 0.05) is 17.7 Å². The Kier molecular flexibility index (Phi) is 3.59. The highest BCUT2D eigenvalue weighted by Crippen LogP contribution is 2.27. The number of nitrogens with one attached hydrogen (secondary N) is 2. The molecule has 2 amide bonds. The lowest BCUT2D eigenvalue weighted by atomic mass is 10.2. The molecule has 0 bridgehead atoms. The summed E-state index contributed by atoms with van der Waals surface area (Å²) in [7, 11) is 0. The predicted octanol–water partition coefficient (Wildman–Crippen LogP) is 1.57. The average Bonchev–Trinajstić information content (AvgIpc) is 2.54. The van der Waals surface area contributed by atoms with Crippen LogP contribution in [-0.2, 0) is 4.79 Å². The number of hydrogen-bond acceptors (Lipinski definition) is 6. The van der Waals surface area contributed by atoms with E-state index >= 15 is 0 Å². The van der Waals surface area contributed by atoms with Gasteiger partial charge in [-0.15, -0.1) is 0 Å². The largest absolute Gasteiger partial charge is 0.480 e. The highest BCUT2D eigenvalue weighted by atomic mass is 16.6. The van der Waals surface area contributed by atoms with Gasteiger partial charge in [0.2, 0.25) is 0 Å². The summed E-state index contributed by atoms with van der Waals surface area (Å²) < 4.78 is 5.16. The summed E-state index contributed by atoms with van der Waals surface area (Å²) >= 11 is 0. The molecule has 0 aliphatic carbocycles. The van der Waals surface area contributed by atoms with Crippen LogP contribution in [0.1, 0.15) is 10.4 Å². The zero-order valence-corrected chi connectivity index (χ0v) is 11.6. The molecule has 0 radical (unpaired) electrons. The van der Waals surface area contributed by atoms with E-state index in [9.17, 15) is 19.7 Å². The number of carbonyl (C=O) groups excluding carboxylic acids is 2. The van der Waals surface area contributed by atoms with Crippen molar-refractivity contribution < 1.29 is 19.2 Å². The second kappa shape index (κ2) is 5.72. The molecule has 0 atom stereocenters. The van der Waals surface area contributed by atoms with E-state index in [1.54, 1.807) is 6.07 Å². The van der Waals surface area contributed by atoms with Gasteiger partial charge in [-0.25, -0.2) is 4.98 Å². The Morgan fingerprint density at radius 1 is 1.35 bits per heavy atom. The number of aromatic nitrogens is 1. The van der Waals surface area contributed by atoms with Gasteiger partial charge in [0.1, 0.15) is 5.82 Å². The van der Waals surface area contributed by atoms with Crippen LogP contribution in [0.4, 0.5) is 17.3 Å². The normalized spacial score (nSPS) is 12.6. The fourth-order valence-electron chi connectivity index (χ4n) is 1.98. The van der Waals surface area contributed by atoms with Crippen molar-refractivity contribution in [3.63, 3.8) is 0 Å². The van der Waals surface area contributed by atoms with Crippen LogP contribution in [0.15, 0.2) is 36.4 Å². The van der Waals surface area contributed by atoms with E-state index in [-0.39, 0.29) is 35.4 Å². The van der Waals surface area contributed by atoms with E-state index < -0.39 is 10.8 Å². The molecular formula is C14H10N4O5. The van der Waals surface area contributed by atoms with Crippen molar-refractivity contribution in [3.05, 3.63) is 52.1 Å². The molecule has 0 unspecified atom stereocenters. The highest BCUT2D eigenvalue weighted by Gasteiger charge is 2.18. The third-order valence-corrected chi connectivity index (χ3v) is 3.04. The predicted molar refractivity (Wildman–Crippen MR) is 79.4 cm³/mol. The van der Waals surface area contributed by atoms with E-state index in [0.717, 1.165) is 0 Å². The zero-order valence-electron chi connectivity index (χ0n) is 11.6. The third-order valence-electron chi connectivity index (χ3n) is 3.04. The lowest BCUT2D eigenvalue weighted by Gasteiger charge is -2.17. The van der Waals surface area contributed by atoms with Crippen molar-refractivity contribution in [2.24, 2.45) is 0 Å². The van der Waals surface area contributed by atoms with Crippen LogP contribution in [0.25, 0.3) is 0 Å². The average molecular weight is 314 g/mol. The summed E-state index contributed by atoms with van der Waals surface area (Å²) in [6.45, 7) is -0.0892. The number of carbonyl (C=O) groups is 2. The van der Waals surface area contributed by atoms with Crippen molar-refractivity contribution in [2.75, 3.05) is 17.2 Å². The van der Waals surface area contributed by atoms with Crippen molar-refractivity contribution in [2.45, 2.75) is 0 Å². The van der Waals surface area contributed by atoms with Crippen LogP contribution in [0.3, 0.4) is 0 Å². The summed E-state index contributed by atoms with van der Waals surface area (Å²) in [4.78, 5) is 37.6. The molecule has 1 aliphatic rings. The van der Waals surface area contributed by atoms with Gasteiger partial charge in [-0.05, 0) is 18.2 Å². The number of nitrogens with zero attached hydrogens (tertiary/aromatic N) is 2. The van der Waals surface area contributed by atoms with Gasteiger partial charge >= 0.3 is 0 Å². The lowest BCUT2D eigenvalue weighted by Crippen LogP contribution is -2.26. The highest BCUT2D eigenvalue weighted by molar-refractivity contribution is 6.04. The zero-order chi connectivity index (χ0) is 16.4. The van der Waals surface area contributed by atoms with Crippen LogP contribution in [-0.4, -0.2) is 28.3 Å². The van der Waals surface area contributed by atoms with E-state index in [1.165, 1.54) is 30.3 Å². The van der Waals surface area contributed by atoms with Gasteiger partial charge in [-0.3, -0.25) is 19.7 Å². The molecule has 3 rings (SSSR count). The first kappa shape index (κ1) is 14.4. The molecule has 2 heterocycles. The van der Waals surface area contributed by atoms with E-state index in [2.05, 4.69) is 15.6 Å². The summed E-state index contributed by atoms with van der Waals surface area (Å²) in [5.74, 6) is -0.0986. The minimum absolute atomic E-state index is 0.0892. The molecule has 1 aromatic heterocycles. The number of hydrogen-bond donors (Lipinski definition) is 2. The smallest absolute Gasteiger partial charge is 0.270 e. The van der Waals surface area contributed by atoms with Crippen molar-refractivity contribution in [3.8, 4) is 5.75 Å². The molecule has 2 N–H and O–H groups in total. The maximum atomic E-state index is 12.1. The molecule has 0 saturated heterocycles. The summed E-state index contributed by atoms with van der Waals surface area (Å²) in [5, 5.41) is 15.8. The number of rotatable bonds is 3. The van der Waals surface area contributed by atoms with E-state index in [4.69, 9.17) is 4.74 Å². The minimum Gasteiger partial charge on any atom is -0.480 e. The molecule has 23 heavy (non-hydrogen) atoms. The minimum atomic E-state index is -0.583. The number of fused-ring (bicyclic) bond motifs is 1. The summed E-state index contributed by atoms with van der Waals surface area (Å²) in [6.07, 6.45) is 0. The Labute approximate surface area is 129 Å². The number of nitro groups is 1. The fourth-order valence-corrected chi connectivity index (χ4v) is 1.98. The van der Waals surface area contributed by atoms with Crippen molar-refractivity contribution >= 4 is 29.1 Å². The van der Waals surface area contributed by atoms with E-state index in [0.29, 0.717) is 5.75 Å². The van der Waals surface area contributed by atoms with Gasteiger partial charge in [0.15, 0.2) is 18.2 Å². The quantitative estimate of drug-likeness (QED) is 0.654. The number of amides is 2. The Balaban J connectivity index is 1.80. The van der Waals surface area contributed by atoms with Crippen LogP contribution >= 0.6 is 0 Å². The van der Waals surface area contributed by atoms with Crippen LogP contribution < -0.4 is 15.4 Å². The molecule has 0 fully saturated rings. The fraction of sp³-hybridized carbons (Fsp3) is 0.0714. The Hall–Kier alpha value is -3.49. The Morgan fingerprint density at radius 3 is 2.96 bits per heavy atom. The Bertz CT molecular complexity index is 821. The standard InChI is InChI=1S/C14H10N4O5/c19-12-7-23-10-4-5-11(15-13(10)17-12)16-14(20)8-2-1-3-9(6-8)18(21)22/h1-6H,7H2,(H2,15,16,17,19,20). The van der Waals surface area contributed by atoms with Gasteiger partial charge in [0.25, 0.3) is 17.5 Å². The van der Waals surface area contributed by atoms with Crippen molar-refractivity contribution in [1.82, 2.24) is 4.98 Å². The molecular weight excluding hydrogens is 304 g/mol. The first-order chi connectivity index (χ1) is 11.0. The second-order valence-electron chi connectivity index (χ2n) is 4.64. The molecule has 116 valence electrons. The first-order valence-corrected chi connectivity index (χ1v) is 6.52. The van der Waals surface area contributed by atoms with Gasteiger partial charge in [-0.1, -0.05) is 6.07 Å². The molecule has 1 aromatic carbocycles. The van der Waals surface area contributed by atoms with Crippen LogP contribution in [0, 0.1) is 10.1 Å². The van der Waals surface area contributed by atoms with E-state index in [1.807, 2.05) is 0 Å². The summed E-state index contributed by atoms with van der Waals surface area (Å²) in [5.41, 5.74) is -0.0595. The maximum Gasteiger partial charge on any atom is 0.270 e. The van der Waals surface area contributed by atoms with Gasteiger partial charge < -0.3 is 15.4 Å². The molecule has 0 saturated carbocycles. The molecule has 2 aromatic rings. The Morgan fingerprint density at radius 2 is 2.17 bits per heavy atom. The first-order valence-electron chi connectivity index (χ1n) is 6.52.